The van der Waals surface area contributed by atoms with Gasteiger partial charge < -0.3 is 38.6 Å². The maximum Gasteiger partial charge on any atom is 0.310 e. The average Bonchev–Trinajstić information content (AvgIpc) is 3.59. The summed E-state index contributed by atoms with van der Waals surface area (Å²) in [6, 6.07) is 16.2. The molecule has 40 heavy (non-hydrogen) atoms. The number of hydrogen-bond acceptors (Lipinski definition) is 9. The molecule has 2 aliphatic heterocycles. The molecule has 0 saturated carbocycles. The van der Waals surface area contributed by atoms with Crippen LogP contribution in [0.4, 0.5) is 5.69 Å². The number of fused-ring (bicyclic) bond motifs is 3. The predicted octanol–water partition coefficient (Wildman–Crippen LogP) is 4.27. The molecular weight excluding hydrogens is 512 g/mol. The molecule has 0 unspecified atom stereocenters. The number of benzene rings is 3. The molecule has 2 heterocycles. The zero-order chi connectivity index (χ0) is 28.0. The number of nitrogens with one attached hydrogen (secondary N) is 1. The summed E-state index contributed by atoms with van der Waals surface area (Å²) in [5.41, 5.74) is 5.22. The van der Waals surface area contributed by atoms with Gasteiger partial charge in [0.05, 0.1) is 33.9 Å². The number of esters is 1. The van der Waals surface area contributed by atoms with E-state index in [1.807, 2.05) is 32.3 Å². The molecule has 0 aromatic heterocycles. The van der Waals surface area contributed by atoms with Crippen molar-refractivity contribution >= 4 is 11.7 Å². The molecular formula is C31H34N2O7. The first kappa shape index (κ1) is 26.1. The van der Waals surface area contributed by atoms with Crippen LogP contribution in [0.2, 0.25) is 0 Å². The minimum atomic E-state index is -0.413. The molecule has 9 nitrogen and oxygen atoms in total. The number of nitrogens with zero attached hydrogens (tertiary/aromatic N) is 1. The molecule has 3 aliphatic rings. The van der Waals surface area contributed by atoms with Crippen molar-refractivity contribution in [1.82, 2.24) is 5.32 Å². The van der Waals surface area contributed by atoms with Gasteiger partial charge in [-0.15, -0.1) is 0 Å². The maximum atomic E-state index is 13.4. The summed E-state index contributed by atoms with van der Waals surface area (Å²) in [5.74, 6) is 1.90. The topological polar surface area (TPSA) is 87.7 Å². The first-order valence-corrected chi connectivity index (χ1v) is 13.3. The largest absolute Gasteiger partial charge is 0.493 e. The van der Waals surface area contributed by atoms with Gasteiger partial charge in [-0.3, -0.25) is 4.79 Å². The summed E-state index contributed by atoms with van der Waals surface area (Å²) >= 11 is 0. The third-order valence-corrected chi connectivity index (χ3v) is 8.21. The van der Waals surface area contributed by atoms with Crippen molar-refractivity contribution in [2.45, 2.75) is 18.5 Å². The highest BCUT2D eigenvalue weighted by molar-refractivity contribution is 5.79. The van der Waals surface area contributed by atoms with Gasteiger partial charge in [-0.1, -0.05) is 12.1 Å². The van der Waals surface area contributed by atoms with Crippen molar-refractivity contribution in [2.75, 3.05) is 53.7 Å². The van der Waals surface area contributed by atoms with Crippen LogP contribution in [0.3, 0.4) is 0 Å². The van der Waals surface area contributed by atoms with Crippen molar-refractivity contribution < 1.29 is 33.2 Å². The monoisotopic (exact) mass is 546 g/mol. The van der Waals surface area contributed by atoms with Crippen molar-refractivity contribution in [1.29, 1.82) is 0 Å². The molecule has 0 bridgehead atoms. The number of cyclic esters (lactones) is 1. The van der Waals surface area contributed by atoms with Crippen molar-refractivity contribution in [2.24, 2.45) is 11.8 Å². The van der Waals surface area contributed by atoms with Gasteiger partial charge >= 0.3 is 5.97 Å². The van der Waals surface area contributed by atoms with Crippen molar-refractivity contribution in [3.05, 3.63) is 70.8 Å². The van der Waals surface area contributed by atoms with E-state index in [-0.39, 0.29) is 30.6 Å². The normalized spacial score (nSPS) is 22.3. The van der Waals surface area contributed by atoms with Crippen LogP contribution in [0, 0.1) is 11.8 Å². The van der Waals surface area contributed by atoms with Crippen LogP contribution < -0.4 is 33.9 Å². The fourth-order valence-corrected chi connectivity index (χ4v) is 6.24. The molecule has 3 aromatic rings. The van der Waals surface area contributed by atoms with Gasteiger partial charge in [0.25, 0.3) is 0 Å². The van der Waals surface area contributed by atoms with Gasteiger partial charge in [0, 0.05) is 44.2 Å². The molecule has 1 fully saturated rings. The first-order chi connectivity index (χ1) is 19.4. The molecule has 1 saturated heterocycles. The summed E-state index contributed by atoms with van der Waals surface area (Å²) in [6.07, 6.45) is 0. The fourth-order valence-electron chi connectivity index (χ4n) is 6.24. The van der Waals surface area contributed by atoms with E-state index >= 15 is 0 Å². The second kappa shape index (κ2) is 10.5. The van der Waals surface area contributed by atoms with Gasteiger partial charge in [-0.25, -0.2) is 0 Å². The third kappa shape index (κ3) is 4.34. The summed E-state index contributed by atoms with van der Waals surface area (Å²) in [5, 5.41) is 3.75. The Morgan fingerprint density at radius 3 is 2.12 bits per heavy atom. The van der Waals surface area contributed by atoms with E-state index in [1.165, 1.54) is 0 Å². The number of carbonyl (C=O) groups is 1. The predicted molar refractivity (Wildman–Crippen MR) is 149 cm³/mol. The maximum absolute atomic E-state index is 13.4. The Morgan fingerprint density at radius 2 is 1.52 bits per heavy atom. The minimum Gasteiger partial charge on any atom is -0.493 e. The van der Waals surface area contributed by atoms with E-state index in [1.54, 1.807) is 21.3 Å². The fraction of sp³-hybridized carbons (Fsp3) is 0.387. The highest BCUT2D eigenvalue weighted by atomic mass is 16.7. The quantitative estimate of drug-likeness (QED) is 0.416. The van der Waals surface area contributed by atoms with Gasteiger partial charge in [0.1, 0.15) is 0 Å². The minimum absolute atomic E-state index is 0.0921. The van der Waals surface area contributed by atoms with E-state index in [2.05, 4.69) is 40.5 Å². The second-order valence-electron chi connectivity index (χ2n) is 10.5. The van der Waals surface area contributed by atoms with E-state index in [0.29, 0.717) is 41.9 Å². The SMILES string of the molecule is COc1cc([C@@H]2c3cc4c(cc3[C@@H](NCc3ccc(N(C)C)cc3)[C@H]3COC(=O)[C@H]23)OCO4)cc(OC)c1OC. The molecule has 4 atom stereocenters. The third-order valence-electron chi connectivity index (χ3n) is 8.21. The number of rotatable bonds is 8. The van der Waals surface area contributed by atoms with Crippen LogP contribution >= 0.6 is 0 Å². The Kier molecular flexibility index (Phi) is 6.83. The molecule has 9 heteroatoms. The van der Waals surface area contributed by atoms with Crippen LogP contribution in [-0.2, 0) is 16.1 Å². The Morgan fingerprint density at radius 1 is 0.875 bits per heavy atom. The van der Waals surface area contributed by atoms with Gasteiger partial charge in [0.15, 0.2) is 23.0 Å². The zero-order valence-electron chi connectivity index (χ0n) is 23.4. The highest BCUT2D eigenvalue weighted by Gasteiger charge is 2.52. The van der Waals surface area contributed by atoms with Gasteiger partial charge in [-0.05, 0) is 58.7 Å². The van der Waals surface area contributed by atoms with Gasteiger partial charge in [0.2, 0.25) is 12.5 Å². The van der Waals surface area contributed by atoms with Crippen LogP contribution in [0.1, 0.15) is 34.2 Å². The molecule has 1 aliphatic carbocycles. The van der Waals surface area contributed by atoms with Crippen LogP contribution in [0.5, 0.6) is 28.7 Å². The lowest BCUT2D eigenvalue weighted by molar-refractivity contribution is -0.141. The Bertz CT molecular complexity index is 1400. The van der Waals surface area contributed by atoms with Crippen molar-refractivity contribution in [3.8, 4) is 28.7 Å². The van der Waals surface area contributed by atoms with E-state index in [0.717, 1.165) is 27.9 Å². The molecule has 3 aromatic carbocycles. The van der Waals surface area contributed by atoms with E-state index in [9.17, 15) is 4.79 Å². The lowest BCUT2D eigenvalue weighted by atomic mass is 9.65. The first-order valence-electron chi connectivity index (χ1n) is 13.3. The summed E-state index contributed by atoms with van der Waals surface area (Å²) in [7, 11) is 8.80. The molecule has 0 amide bonds. The number of methoxy groups -OCH3 is 3. The van der Waals surface area contributed by atoms with Crippen LogP contribution in [-0.4, -0.2) is 54.8 Å². The smallest absolute Gasteiger partial charge is 0.310 e. The molecule has 6 rings (SSSR count). The number of hydrogen-bond donors (Lipinski definition) is 1. The standard InChI is InChI=1S/C31H34N2O7/c1-33(2)19-8-6-17(7-9-19)14-32-29-21-13-24-23(39-16-40-24)12-20(21)27(28-22(29)15-38-31(28)34)18-10-25(35-3)30(37-5)26(11-18)36-4/h6-13,22,27-29,32H,14-16H2,1-5H3/t22-,27+,28-,29+/m0/s1. The molecule has 0 spiro atoms. The average molecular weight is 547 g/mol. The Labute approximate surface area is 233 Å². The number of anilines is 1. The lowest BCUT2D eigenvalue weighted by Gasteiger charge is -2.39. The Hall–Kier alpha value is -4.11. The van der Waals surface area contributed by atoms with Gasteiger partial charge in [-0.2, -0.15) is 0 Å². The van der Waals surface area contributed by atoms with Crippen LogP contribution in [0.25, 0.3) is 0 Å². The van der Waals surface area contributed by atoms with Crippen molar-refractivity contribution in [3.63, 3.8) is 0 Å². The summed E-state index contributed by atoms with van der Waals surface area (Å²) < 4.78 is 34.2. The summed E-state index contributed by atoms with van der Waals surface area (Å²) in [4.78, 5) is 15.5. The van der Waals surface area contributed by atoms with E-state index in [4.69, 9.17) is 28.4 Å². The second-order valence-corrected chi connectivity index (χ2v) is 10.5. The summed E-state index contributed by atoms with van der Waals surface area (Å²) in [6.45, 7) is 1.13. The zero-order valence-corrected chi connectivity index (χ0v) is 23.4. The number of ether oxygens (including phenoxy) is 6. The number of carbonyl (C=O) groups excluding carboxylic acids is 1. The molecule has 0 radical (unpaired) electrons. The molecule has 1 N–H and O–H groups in total. The van der Waals surface area contributed by atoms with E-state index < -0.39 is 5.92 Å². The van der Waals surface area contributed by atoms with Crippen LogP contribution in [0.15, 0.2) is 48.5 Å². The highest BCUT2D eigenvalue weighted by Crippen LogP contribution is 2.55. The molecule has 210 valence electrons. The Balaban J connectivity index is 1.45. The lowest BCUT2D eigenvalue weighted by Crippen LogP contribution is -2.40.